The Bertz CT molecular complexity index is 241. The van der Waals surface area contributed by atoms with E-state index in [-0.39, 0.29) is 0 Å². The lowest BCUT2D eigenvalue weighted by atomic mass is 9.93. The summed E-state index contributed by atoms with van der Waals surface area (Å²) in [5, 5.41) is 0. The highest BCUT2D eigenvalue weighted by molar-refractivity contribution is 5.41. The van der Waals surface area contributed by atoms with E-state index in [1.54, 1.807) is 11.1 Å². The van der Waals surface area contributed by atoms with Gasteiger partial charge in [0.1, 0.15) is 0 Å². The lowest BCUT2D eigenvalue weighted by Crippen LogP contribution is -1.97. The monoisotopic (exact) mass is 146 g/mol. The van der Waals surface area contributed by atoms with Gasteiger partial charge in [0.25, 0.3) is 0 Å². The first-order valence-electron chi connectivity index (χ1n) is 4.44. The van der Waals surface area contributed by atoms with Crippen LogP contribution in [-0.4, -0.2) is 0 Å². The van der Waals surface area contributed by atoms with Gasteiger partial charge in [0.05, 0.1) is 0 Å². The molecule has 0 nitrogen and oxygen atoms in total. The van der Waals surface area contributed by atoms with Crippen LogP contribution in [0.15, 0.2) is 35.5 Å². The summed E-state index contributed by atoms with van der Waals surface area (Å²) in [5.74, 6) is 0.853. The van der Waals surface area contributed by atoms with Gasteiger partial charge in [0.15, 0.2) is 0 Å². The molecule has 11 heavy (non-hydrogen) atoms. The molecule has 0 bridgehead atoms. The lowest BCUT2D eigenvalue weighted by Gasteiger charge is -2.12. The average Bonchev–Trinajstić information content (AvgIpc) is 2.47. The van der Waals surface area contributed by atoms with Crippen molar-refractivity contribution < 1.29 is 0 Å². The van der Waals surface area contributed by atoms with E-state index in [9.17, 15) is 0 Å². The first kappa shape index (κ1) is 6.90. The quantitative estimate of drug-likeness (QED) is 0.492. The predicted octanol–water partition coefficient (Wildman–Crippen LogP) is 3.23. The molecule has 2 aliphatic carbocycles. The minimum absolute atomic E-state index is 0.853. The topological polar surface area (TPSA) is 0 Å². The SMILES string of the molecule is CC=C1CCC2CC=CC=C12. The van der Waals surface area contributed by atoms with Gasteiger partial charge in [-0.25, -0.2) is 0 Å². The van der Waals surface area contributed by atoms with Gasteiger partial charge < -0.3 is 0 Å². The molecule has 0 radical (unpaired) electrons. The van der Waals surface area contributed by atoms with E-state index < -0.39 is 0 Å². The zero-order valence-corrected chi connectivity index (χ0v) is 7.01. The van der Waals surface area contributed by atoms with Crippen molar-refractivity contribution in [3.05, 3.63) is 35.5 Å². The Morgan fingerprint density at radius 2 is 2.45 bits per heavy atom. The van der Waals surface area contributed by atoms with Gasteiger partial charge in [-0.05, 0) is 43.3 Å². The second kappa shape index (κ2) is 2.69. The van der Waals surface area contributed by atoms with Crippen molar-refractivity contribution in [3.63, 3.8) is 0 Å². The van der Waals surface area contributed by atoms with Crippen LogP contribution in [0.1, 0.15) is 26.2 Å². The molecule has 1 unspecified atom stereocenters. The van der Waals surface area contributed by atoms with E-state index in [4.69, 9.17) is 0 Å². The molecule has 0 saturated heterocycles. The van der Waals surface area contributed by atoms with Crippen molar-refractivity contribution in [1.82, 2.24) is 0 Å². The predicted molar refractivity (Wildman–Crippen MR) is 48.3 cm³/mol. The van der Waals surface area contributed by atoms with Crippen LogP contribution in [0.25, 0.3) is 0 Å². The molecule has 1 fully saturated rings. The molecular weight excluding hydrogens is 132 g/mol. The van der Waals surface area contributed by atoms with Crippen LogP contribution in [0.5, 0.6) is 0 Å². The molecule has 1 atom stereocenters. The normalized spacial score (nSPS) is 32.3. The third-order valence-corrected chi connectivity index (χ3v) is 2.75. The lowest BCUT2D eigenvalue weighted by molar-refractivity contribution is 0.633. The molecule has 0 heteroatoms. The summed E-state index contributed by atoms with van der Waals surface area (Å²) in [5.41, 5.74) is 3.19. The number of hydrogen-bond donors (Lipinski definition) is 0. The minimum Gasteiger partial charge on any atom is -0.0842 e. The summed E-state index contributed by atoms with van der Waals surface area (Å²) in [6.45, 7) is 2.15. The molecule has 0 aromatic carbocycles. The molecule has 2 rings (SSSR count). The highest BCUT2D eigenvalue weighted by atomic mass is 14.3. The minimum atomic E-state index is 0.853. The fourth-order valence-electron chi connectivity index (χ4n) is 2.11. The molecule has 0 aromatic rings. The summed E-state index contributed by atoms with van der Waals surface area (Å²) in [4.78, 5) is 0. The van der Waals surface area contributed by atoms with Gasteiger partial charge in [-0.3, -0.25) is 0 Å². The Labute approximate surface area is 68.3 Å². The number of allylic oxidation sites excluding steroid dienone is 6. The van der Waals surface area contributed by atoms with Crippen molar-refractivity contribution in [2.45, 2.75) is 26.2 Å². The molecule has 0 N–H and O–H groups in total. The molecule has 2 aliphatic rings. The summed E-state index contributed by atoms with van der Waals surface area (Å²) < 4.78 is 0. The van der Waals surface area contributed by atoms with Crippen molar-refractivity contribution in [1.29, 1.82) is 0 Å². The molecule has 58 valence electrons. The van der Waals surface area contributed by atoms with Gasteiger partial charge in [0, 0.05) is 0 Å². The van der Waals surface area contributed by atoms with Crippen LogP contribution in [0.2, 0.25) is 0 Å². The molecular formula is C11H14. The third-order valence-electron chi connectivity index (χ3n) is 2.75. The summed E-state index contributed by atoms with van der Waals surface area (Å²) in [7, 11) is 0. The van der Waals surface area contributed by atoms with E-state index in [0.717, 1.165) is 5.92 Å². The van der Waals surface area contributed by atoms with Crippen molar-refractivity contribution >= 4 is 0 Å². The van der Waals surface area contributed by atoms with Crippen molar-refractivity contribution in [3.8, 4) is 0 Å². The highest BCUT2D eigenvalue weighted by Crippen LogP contribution is 2.39. The maximum absolute atomic E-state index is 2.29. The maximum atomic E-state index is 2.29. The van der Waals surface area contributed by atoms with Crippen LogP contribution < -0.4 is 0 Å². The second-order valence-corrected chi connectivity index (χ2v) is 3.34. The van der Waals surface area contributed by atoms with Gasteiger partial charge >= 0.3 is 0 Å². The van der Waals surface area contributed by atoms with Gasteiger partial charge in [-0.15, -0.1) is 0 Å². The zero-order chi connectivity index (χ0) is 7.68. The van der Waals surface area contributed by atoms with Crippen LogP contribution in [0.3, 0.4) is 0 Å². The fourth-order valence-corrected chi connectivity index (χ4v) is 2.11. The first-order chi connectivity index (χ1) is 5.42. The maximum Gasteiger partial charge on any atom is -0.0122 e. The molecule has 0 aliphatic heterocycles. The van der Waals surface area contributed by atoms with E-state index in [1.165, 1.54) is 19.3 Å². The van der Waals surface area contributed by atoms with E-state index in [1.807, 2.05) is 0 Å². The number of rotatable bonds is 0. The smallest absolute Gasteiger partial charge is 0.0122 e. The van der Waals surface area contributed by atoms with E-state index in [2.05, 4.69) is 31.2 Å². The number of hydrogen-bond acceptors (Lipinski definition) is 0. The van der Waals surface area contributed by atoms with Crippen LogP contribution in [0.4, 0.5) is 0 Å². The standard InChI is InChI=1S/C11H14/c1-2-9-7-8-10-5-3-4-6-11(9)10/h2-4,6,10H,5,7-8H2,1H3. The van der Waals surface area contributed by atoms with Crippen LogP contribution >= 0.6 is 0 Å². The second-order valence-electron chi connectivity index (χ2n) is 3.34. The van der Waals surface area contributed by atoms with Crippen molar-refractivity contribution in [2.75, 3.05) is 0 Å². The summed E-state index contributed by atoms with van der Waals surface area (Å²) >= 11 is 0. The zero-order valence-electron chi connectivity index (χ0n) is 7.01. The Morgan fingerprint density at radius 3 is 3.27 bits per heavy atom. The molecule has 1 saturated carbocycles. The van der Waals surface area contributed by atoms with Gasteiger partial charge in [0.2, 0.25) is 0 Å². The largest absolute Gasteiger partial charge is 0.0842 e. The van der Waals surface area contributed by atoms with Crippen LogP contribution in [-0.2, 0) is 0 Å². The number of fused-ring (bicyclic) bond motifs is 1. The first-order valence-corrected chi connectivity index (χ1v) is 4.44. The summed E-state index contributed by atoms with van der Waals surface area (Å²) in [6.07, 6.45) is 13.0. The van der Waals surface area contributed by atoms with Gasteiger partial charge in [-0.1, -0.05) is 24.3 Å². The van der Waals surface area contributed by atoms with Gasteiger partial charge in [-0.2, -0.15) is 0 Å². The molecule has 0 amide bonds. The van der Waals surface area contributed by atoms with Crippen LogP contribution in [0, 0.1) is 5.92 Å². The molecule has 0 heterocycles. The van der Waals surface area contributed by atoms with Crippen molar-refractivity contribution in [2.24, 2.45) is 5.92 Å². The Kier molecular flexibility index (Phi) is 1.69. The van der Waals surface area contributed by atoms with E-state index in [0.29, 0.717) is 0 Å². The molecule has 0 spiro atoms. The molecule has 0 aromatic heterocycles. The summed E-state index contributed by atoms with van der Waals surface area (Å²) in [6, 6.07) is 0. The average molecular weight is 146 g/mol. The highest BCUT2D eigenvalue weighted by Gasteiger charge is 2.24. The van der Waals surface area contributed by atoms with E-state index >= 15 is 0 Å². The third kappa shape index (κ3) is 1.07. The Balaban J connectivity index is 2.33. The Hall–Kier alpha value is -0.780. The Morgan fingerprint density at radius 1 is 1.55 bits per heavy atom. The fraction of sp³-hybridized carbons (Fsp3) is 0.455.